The lowest BCUT2D eigenvalue weighted by atomic mass is 9.95. The van der Waals surface area contributed by atoms with Crippen LogP contribution in [-0.4, -0.2) is 52.0 Å². The fourth-order valence-electron chi connectivity index (χ4n) is 3.74. The molecule has 0 saturated carbocycles. The summed E-state index contributed by atoms with van der Waals surface area (Å²) < 4.78 is 7.24. The van der Waals surface area contributed by atoms with E-state index in [1.54, 1.807) is 7.11 Å². The van der Waals surface area contributed by atoms with Gasteiger partial charge in [-0.1, -0.05) is 12.1 Å². The third kappa shape index (κ3) is 3.02. The summed E-state index contributed by atoms with van der Waals surface area (Å²) in [6.07, 6.45) is 2.95. The molecule has 1 saturated heterocycles. The third-order valence-electron chi connectivity index (χ3n) is 5.24. The molecule has 0 radical (unpaired) electrons. The molecule has 2 aromatic rings. The third-order valence-corrected chi connectivity index (χ3v) is 5.24. The normalized spacial score (nSPS) is 20.1. The molecule has 25 heavy (non-hydrogen) atoms. The molecular formula is C19H24N4O2. The lowest BCUT2D eigenvalue weighted by molar-refractivity contribution is -0.137. The number of amides is 1. The Morgan fingerprint density at radius 1 is 1.28 bits per heavy atom. The molecule has 6 nitrogen and oxygen atoms in total. The first kappa shape index (κ1) is 16.1. The van der Waals surface area contributed by atoms with Gasteiger partial charge in [-0.25, -0.2) is 4.98 Å². The molecule has 3 heterocycles. The van der Waals surface area contributed by atoms with Gasteiger partial charge in [0.05, 0.1) is 30.7 Å². The number of aryl methyl sites for hydroxylation is 1. The predicted molar refractivity (Wildman–Crippen MR) is 94.3 cm³/mol. The van der Waals surface area contributed by atoms with Crippen LogP contribution in [0.4, 0.5) is 0 Å². The van der Waals surface area contributed by atoms with Gasteiger partial charge in [0, 0.05) is 39.8 Å². The number of hydrogen-bond donors (Lipinski definition) is 0. The monoisotopic (exact) mass is 340 g/mol. The maximum absolute atomic E-state index is 12.9. The summed E-state index contributed by atoms with van der Waals surface area (Å²) in [6, 6.07) is 8.13. The van der Waals surface area contributed by atoms with Crippen molar-refractivity contribution in [1.29, 1.82) is 0 Å². The molecule has 1 unspecified atom stereocenters. The van der Waals surface area contributed by atoms with Crippen LogP contribution < -0.4 is 4.74 Å². The van der Waals surface area contributed by atoms with E-state index < -0.39 is 0 Å². The Morgan fingerprint density at radius 2 is 2.04 bits per heavy atom. The molecule has 2 aliphatic heterocycles. The van der Waals surface area contributed by atoms with Gasteiger partial charge in [0.2, 0.25) is 5.91 Å². The molecule has 0 bridgehead atoms. The SMILES string of the molecule is COc1ccc(CN2Cc3ncn(C)c3C(C(=O)N3CCC3)C2)cc1. The maximum Gasteiger partial charge on any atom is 0.233 e. The average molecular weight is 340 g/mol. The topological polar surface area (TPSA) is 50.6 Å². The Bertz CT molecular complexity index is 764. The highest BCUT2D eigenvalue weighted by atomic mass is 16.5. The highest BCUT2D eigenvalue weighted by Crippen LogP contribution is 2.31. The second-order valence-corrected chi connectivity index (χ2v) is 6.94. The van der Waals surface area contributed by atoms with Crippen molar-refractivity contribution in [2.24, 2.45) is 7.05 Å². The van der Waals surface area contributed by atoms with Crippen LogP contribution in [0.15, 0.2) is 30.6 Å². The first-order valence-electron chi connectivity index (χ1n) is 8.80. The molecule has 1 fully saturated rings. The van der Waals surface area contributed by atoms with E-state index in [0.29, 0.717) is 0 Å². The number of likely N-dealkylation sites (tertiary alicyclic amines) is 1. The Kier molecular flexibility index (Phi) is 4.21. The second-order valence-electron chi connectivity index (χ2n) is 6.94. The fourth-order valence-corrected chi connectivity index (χ4v) is 3.74. The Morgan fingerprint density at radius 3 is 2.68 bits per heavy atom. The molecule has 1 aromatic carbocycles. The van der Waals surface area contributed by atoms with Crippen molar-refractivity contribution < 1.29 is 9.53 Å². The number of ether oxygens (including phenoxy) is 1. The lowest BCUT2D eigenvalue weighted by Crippen LogP contribution is -2.48. The van der Waals surface area contributed by atoms with Crippen molar-refractivity contribution >= 4 is 5.91 Å². The summed E-state index contributed by atoms with van der Waals surface area (Å²) in [7, 11) is 3.66. The van der Waals surface area contributed by atoms with Crippen LogP contribution in [0.1, 0.15) is 29.3 Å². The quantitative estimate of drug-likeness (QED) is 0.851. The minimum absolute atomic E-state index is 0.116. The van der Waals surface area contributed by atoms with E-state index in [-0.39, 0.29) is 11.8 Å². The zero-order valence-corrected chi connectivity index (χ0v) is 14.8. The molecule has 4 rings (SSSR count). The van der Waals surface area contributed by atoms with Crippen LogP contribution in [0, 0.1) is 0 Å². The number of hydrogen-bond acceptors (Lipinski definition) is 4. The summed E-state index contributed by atoms with van der Waals surface area (Å²) in [4.78, 5) is 21.7. The molecule has 132 valence electrons. The summed E-state index contributed by atoms with van der Waals surface area (Å²) in [6.45, 7) is 4.12. The summed E-state index contributed by atoms with van der Waals surface area (Å²) in [5.74, 6) is 0.991. The zero-order chi connectivity index (χ0) is 17.4. The van der Waals surface area contributed by atoms with Gasteiger partial charge in [0.25, 0.3) is 0 Å². The van der Waals surface area contributed by atoms with Gasteiger partial charge in [-0.05, 0) is 24.1 Å². The summed E-state index contributed by atoms with van der Waals surface area (Å²) in [5, 5.41) is 0. The fraction of sp³-hybridized carbons (Fsp3) is 0.474. The van der Waals surface area contributed by atoms with Crippen molar-refractivity contribution in [3.05, 3.63) is 47.5 Å². The van der Waals surface area contributed by atoms with Crippen molar-refractivity contribution in [2.75, 3.05) is 26.7 Å². The van der Waals surface area contributed by atoms with Crippen LogP contribution in [0.25, 0.3) is 0 Å². The van der Waals surface area contributed by atoms with Gasteiger partial charge >= 0.3 is 0 Å². The Labute approximate surface area is 148 Å². The Hall–Kier alpha value is -2.34. The van der Waals surface area contributed by atoms with E-state index >= 15 is 0 Å². The molecule has 2 aliphatic rings. The van der Waals surface area contributed by atoms with E-state index in [1.165, 1.54) is 5.56 Å². The number of nitrogens with zero attached hydrogens (tertiary/aromatic N) is 4. The number of aromatic nitrogens is 2. The number of rotatable bonds is 4. The van der Waals surface area contributed by atoms with Crippen molar-refractivity contribution in [2.45, 2.75) is 25.4 Å². The van der Waals surface area contributed by atoms with Crippen LogP contribution in [0.2, 0.25) is 0 Å². The minimum Gasteiger partial charge on any atom is -0.497 e. The van der Waals surface area contributed by atoms with Gasteiger partial charge in [-0.15, -0.1) is 0 Å². The first-order chi connectivity index (χ1) is 12.2. The van der Waals surface area contributed by atoms with Gasteiger partial charge in [-0.3, -0.25) is 9.69 Å². The molecule has 1 aromatic heterocycles. The van der Waals surface area contributed by atoms with Crippen molar-refractivity contribution in [1.82, 2.24) is 19.4 Å². The molecule has 6 heteroatoms. The summed E-state index contributed by atoms with van der Waals surface area (Å²) in [5.41, 5.74) is 3.33. The number of imidazole rings is 1. The summed E-state index contributed by atoms with van der Waals surface area (Å²) >= 11 is 0. The minimum atomic E-state index is -0.116. The number of carbonyl (C=O) groups excluding carboxylic acids is 1. The highest BCUT2D eigenvalue weighted by molar-refractivity contribution is 5.84. The predicted octanol–water partition coefficient (Wildman–Crippen LogP) is 1.76. The number of benzene rings is 1. The van der Waals surface area contributed by atoms with Crippen LogP contribution >= 0.6 is 0 Å². The molecule has 0 spiro atoms. The van der Waals surface area contributed by atoms with Crippen molar-refractivity contribution in [3.8, 4) is 5.75 Å². The van der Waals surface area contributed by atoms with E-state index in [9.17, 15) is 4.79 Å². The van der Waals surface area contributed by atoms with Crippen LogP contribution in [0.3, 0.4) is 0 Å². The van der Waals surface area contributed by atoms with E-state index in [1.807, 2.05) is 35.0 Å². The number of fused-ring (bicyclic) bond motifs is 1. The average Bonchev–Trinajstić information content (AvgIpc) is 2.94. The smallest absolute Gasteiger partial charge is 0.233 e. The first-order valence-corrected chi connectivity index (χ1v) is 8.80. The molecular weight excluding hydrogens is 316 g/mol. The molecule has 0 aliphatic carbocycles. The number of methoxy groups -OCH3 is 1. The van der Waals surface area contributed by atoms with E-state index in [4.69, 9.17) is 4.74 Å². The maximum atomic E-state index is 12.9. The number of carbonyl (C=O) groups is 1. The standard InChI is InChI=1S/C19H24N4O2/c1-21-13-20-17-12-22(10-14-4-6-15(25-2)7-5-14)11-16(18(17)21)19(24)23-8-3-9-23/h4-7,13,16H,3,8-12H2,1-2H3. The van der Waals surface area contributed by atoms with Gasteiger partial charge in [-0.2, -0.15) is 0 Å². The van der Waals surface area contributed by atoms with Crippen molar-refractivity contribution in [3.63, 3.8) is 0 Å². The van der Waals surface area contributed by atoms with E-state index in [0.717, 1.165) is 56.3 Å². The zero-order valence-electron chi connectivity index (χ0n) is 14.8. The highest BCUT2D eigenvalue weighted by Gasteiger charge is 2.37. The van der Waals surface area contributed by atoms with Gasteiger partial charge in [0.1, 0.15) is 5.75 Å². The Balaban J connectivity index is 1.55. The molecule has 1 amide bonds. The van der Waals surface area contributed by atoms with Crippen LogP contribution in [0.5, 0.6) is 5.75 Å². The van der Waals surface area contributed by atoms with E-state index in [2.05, 4.69) is 22.0 Å². The van der Waals surface area contributed by atoms with Crippen LogP contribution in [-0.2, 0) is 24.9 Å². The molecule has 1 atom stereocenters. The van der Waals surface area contributed by atoms with Gasteiger partial charge in [0.15, 0.2) is 0 Å². The lowest BCUT2D eigenvalue weighted by Gasteiger charge is -2.38. The van der Waals surface area contributed by atoms with Gasteiger partial charge < -0.3 is 14.2 Å². The second kappa shape index (κ2) is 6.52. The largest absolute Gasteiger partial charge is 0.497 e. The molecule has 0 N–H and O–H groups in total.